The fraction of sp³-hybridized carbons (Fsp3) is 0.467. The van der Waals surface area contributed by atoms with Crippen LogP contribution >= 0.6 is 0 Å². The summed E-state index contributed by atoms with van der Waals surface area (Å²) in [7, 11) is 1.79. The Morgan fingerprint density at radius 3 is 2.06 bits per heavy atom. The van der Waals surface area contributed by atoms with E-state index < -0.39 is 0 Å². The van der Waals surface area contributed by atoms with E-state index in [4.69, 9.17) is 5.41 Å². The first-order chi connectivity index (χ1) is 7.99. The Morgan fingerprint density at radius 1 is 0.882 bits per heavy atom. The number of nitrogens with one attached hydrogen (secondary N) is 1. The molecular weight excluding hydrogens is 208 g/mol. The van der Waals surface area contributed by atoms with E-state index in [1.165, 1.54) is 33.4 Å². The Hall–Kier alpha value is -1.44. The molecule has 1 N–H and O–H groups in total. The van der Waals surface area contributed by atoms with Gasteiger partial charge in [-0.3, -0.25) is 4.99 Å². The van der Waals surface area contributed by atoms with Gasteiger partial charge in [-0.25, -0.2) is 0 Å². The maximum atomic E-state index is 8.04. The summed E-state index contributed by atoms with van der Waals surface area (Å²) in [6, 6.07) is 0. The van der Waals surface area contributed by atoms with Crippen LogP contribution in [0.4, 0.5) is 0 Å². The fourth-order valence-corrected chi connectivity index (χ4v) is 2.79. The highest BCUT2D eigenvalue weighted by Gasteiger charge is 2.25. The van der Waals surface area contributed by atoms with E-state index in [9.17, 15) is 0 Å². The van der Waals surface area contributed by atoms with Crippen molar-refractivity contribution in [3.8, 4) is 0 Å². The van der Waals surface area contributed by atoms with E-state index in [2.05, 4.69) is 32.7 Å². The number of hydrogen-bond donors (Lipinski definition) is 1. The third-order valence-electron chi connectivity index (χ3n) is 4.19. The fourth-order valence-electron chi connectivity index (χ4n) is 2.79. The van der Waals surface area contributed by atoms with Crippen LogP contribution in [-0.4, -0.2) is 18.5 Å². The van der Waals surface area contributed by atoms with Crippen molar-refractivity contribution in [1.29, 1.82) is 5.41 Å². The first-order valence-electron chi connectivity index (χ1n) is 6.13. The molecule has 0 spiro atoms. The van der Waals surface area contributed by atoms with Gasteiger partial charge in [-0.15, -0.1) is 0 Å². The summed E-state index contributed by atoms with van der Waals surface area (Å²) in [6.45, 7) is 8.72. The molecule has 0 bridgehead atoms. The topological polar surface area (TPSA) is 36.2 Å². The normalized spacial score (nSPS) is 17.5. The van der Waals surface area contributed by atoms with E-state index in [1.807, 2.05) is 0 Å². The van der Waals surface area contributed by atoms with Crippen LogP contribution in [0.1, 0.15) is 39.8 Å². The third kappa shape index (κ3) is 1.63. The smallest absolute Gasteiger partial charge is 0.0856 e. The van der Waals surface area contributed by atoms with Crippen molar-refractivity contribution in [2.75, 3.05) is 7.05 Å². The molecule has 17 heavy (non-hydrogen) atoms. The molecule has 0 saturated carbocycles. The molecule has 0 amide bonds. The van der Waals surface area contributed by atoms with Gasteiger partial charge < -0.3 is 5.41 Å². The molecule has 2 rings (SSSR count). The molecule has 1 aromatic rings. The standard InChI is InChI=1S/C15H20N2/c1-8-9(2)11(4)14-12(10(8)3)6-7-13(16)15(14)17-5/h16H,6-7H2,1-5H3. The summed E-state index contributed by atoms with van der Waals surface area (Å²) in [5.74, 6) is 0. The van der Waals surface area contributed by atoms with Crippen molar-refractivity contribution >= 4 is 11.4 Å². The number of benzene rings is 1. The van der Waals surface area contributed by atoms with Crippen molar-refractivity contribution < 1.29 is 0 Å². The molecule has 0 radical (unpaired) electrons. The van der Waals surface area contributed by atoms with Crippen LogP contribution in [0.15, 0.2) is 4.99 Å². The Kier molecular flexibility index (Phi) is 2.90. The molecule has 0 aliphatic heterocycles. The van der Waals surface area contributed by atoms with E-state index in [-0.39, 0.29) is 0 Å². The van der Waals surface area contributed by atoms with Crippen LogP contribution in [0.2, 0.25) is 0 Å². The number of hydrogen-bond acceptors (Lipinski definition) is 2. The molecule has 0 heterocycles. The van der Waals surface area contributed by atoms with Crippen LogP contribution < -0.4 is 0 Å². The zero-order valence-electron chi connectivity index (χ0n) is 11.4. The van der Waals surface area contributed by atoms with Gasteiger partial charge in [-0.05, 0) is 68.4 Å². The molecule has 1 aliphatic carbocycles. The molecular formula is C15H20N2. The number of nitrogens with zero attached hydrogens (tertiary/aromatic N) is 1. The minimum Gasteiger partial charge on any atom is -0.303 e. The highest BCUT2D eigenvalue weighted by atomic mass is 14.7. The monoisotopic (exact) mass is 228 g/mol. The molecule has 0 atom stereocenters. The lowest BCUT2D eigenvalue weighted by molar-refractivity contribution is 0.979. The Morgan fingerprint density at radius 2 is 1.47 bits per heavy atom. The Labute approximate surface area is 103 Å². The first kappa shape index (κ1) is 12.0. The molecule has 90 valence electrons. The largest absolute Gasteiger partial charge is 0.303 e. The van der Waals surface area contributed by atoms with Crippen LogP contribution in [0.5, 0.6) is 0 Å². The zero-order valence-corrected chi connectivity index (χ0v) is 11.4. The van der Waals surface area contributed by atoms with Crippen molar-refractivity contribution in [2.24, 2.45) is 4.99 Å². The third-order valence-corrected chi connectivity index (χ3v) is 4.19. The van der Waals surface area contributed by atoms with Gasteiger partial charge >= 0.3 is 0 Å². The summed E-state index contributed by atoms with van der Waals surface area (Å²) in [5, 5.41) is 8.04. The van der Waals surface area contributed by atoms with Gasteiger partial charge in [0, 0.05) is 12.6 Å². The number of aliphatic imine (C=N–C) groups is 1. The summed E-state index contributed by atoms with van der Waals surface area (Å²) in [4.78, 5) is 4.33. The van der Waals surface area contributed by atoms with Gasteiger partial charge in [-0.1, -0.05) is 0 Å². The molecule has 2 heteroatoms. The molecule has 0 unspecified atom stereocenters. The van der Waals surface area contributed by atoms with E-state index in [0.717, 1.165) is 18.6 Å². The van der Waals surface area contributed by atoms with Crippen LogP contribution in [0.3, 0.4) is 0 Å². The SMILES string of the molecule is CN=C1C(=N)CCc2c(C)c(C)c(C)c(C)c21. The Balaban J connectivity index is 2.85. The van der Waals surface area contributed by atoms with Crippen molar-refractivity contribution in [3.63, 3.8) is 0 Å². The highest BCUT2D eigenvalue weighted by molar-refractivity contribution is 6.48. The van der Waals surface area contributed by atoms with Gasteiger partial charge in [0.1, 0.15) is 0 Å². The van der Waals surface area contributed by atoms with Gasteiger partial charge in [0.05, 0.1) is 11.4 Å². The Bertz CT molecular complexity index is 537. The van der Waals surface area contributed by atoms with Crippen LogP contribution in [0, 0.1) is 33.1 Å². The summed E-state index contributed by atoms with van der Waals surface area (Å²) >= 11 is 0. The average molecular weight is 228 g/mol. The predicted molar refractivity (Wildman–Crippen MR) is 73.9 cm³/mol. The lowest BCUT2D eigenvalue weighted by Crippen LogP contribution is -2.25. The summed E-state index contributed by atoms with van der Waals surface area (Å²) in [5.41, 5.74) is 9.64. The van der Waals surface area contributed by atoms with E-state index >= 15 is 0 Å². The van der Waals surface area contributed by atoms with Gasteiger partial charge in [-0.2, -0.15) is 0 Å². The van der Waals surface area contributed by atoms with Gasteiger partial charge in [0.25, 0.3) is 0 Å². The van der Waals surface area contributed by atoms with E-state index in [1.54, 1.807) is 7.05 Å². The second-order valence-corrected chi connectivity index (χ2v) is 4.90. The van der Waals surface area contributed by atoms with Crippen molar-refractivity contribution in [2.45, 2.75) is 40.5 Å². The lowest BCUT2D eigenvalue weighted by Gasteiger charge is -2.26. The van der Waals surface area contributed by atoms with Crippen molar-refractivity contribution in [3.05, 3.63) is 33.4 Å². The van der Waals surface area contributed by atoms with Crippen molar-refractivity contribution in [1.82, 2.24) is 0 Å². The van der Waals surface area contributed by atoms with Crippen LogP contribution in [-0.2, 0) is 6.42 Å². The molecule has 2 nitrogen and oxygen atoms in total. The first-order valence-corrected chi connectivity index (χ1v) is 6.13. The van der Waals surface area contributed by atoms with Gasteiger partial charge in [0.2, 0.25) is 0 Å². The maximum Gasteiger partial charge on any atom is 0.0856 e. The zero-order chi connectivity index (χ0) is 12.7. The predicted octanol–water partition coefficient (Wildman–Crippen LogP) is 3.31. The van der Waals surface area contributed by atoms with E-state index in [0.29, 0.717) is 5.71 Å². The summed E-state index contributed by atoms with van der Waals surface area (Å²) in [6.07, 6.45) is 1.81. The molecule has 1 aromatic carbocycles. The number of fused-ring (bicyclic) bond motifs is 1. The summed E-state index contributed by atoms with van der Waals surface area (Å²) < 4.78 is 0. The minimum absolute atomic E-state index is 0.686. The molecule has 0 fully saturated rings. The molecule has 1 aliphatic rings. The molecule has 0 aromatic heterocycles. The second-order valence-electron chi connectivity index (χ2n) is 4.90. The minimum atomic E-state index is 0.686. The quantitative estimate of drug-likeness (QED) is 0.707. The average Bonchev–Trinajstić information content (AvgIpc) is 2.33. The molecule has 0 saturated heterocycles. The van der Waals surface area contributed by atoms with Crippen LogP contribution in [0.25, 0.3) is 0 Å². The number of rotatable bonds is 0. The lowest BCUT2D eigenvalue weighted by atomic mass is 9.79. The highest BCUT2D eigenvalue weighted by Crippen LogP contribution is 2.31. The van der Waals surface area contributed by atoms with Gasteiger partial charge in [0.15, 0.2) is 0 Å². The second kappa shape index (κ2) is 4.10. The maximum absolute atomic E-state index is 8.04.